The molecule has 2 bridgehead atoms. The van der Waals surface area contributed by atoms with Crippen molar-refractivity contribution in [2.75, 3.05) is 7.11 Å². The Balaban J connectivity index is 0.00000106. The van der Waals surface area contributed by atoms with Crippen LogP contribution in [0.25, 0.3) is 0 Å². The second kappa shape index (κ2) is 7.33. The molecule has 118 valence electrons. The van der Waals surface area contributed by atoms with Gasteiger partial charge in [0.15, 0.2) is 0 Å². The summed E-state index contributed by atoms with van der Waals surface area (Å²) in [5.74, 6) is -3.01. The fourth-order valence-corrected chi connectivity index (χ4v) is 3.93. The number of carbonyl (C=O) groups excluding carboxylic acids is 4. The van der Waals surface area contributed by atoms with Gasteiger partial charge in [-0.25, -0.2) is 0 Å². The second-order valence-corrected chi connectivity index (χ2v) is 5.24. The molecule has 0 spiro atoms. The van der Waals surface area contributed by atoms with Crippen molar-refractivity contribution >= 4 is 24.7 Å². The average molecular weight is 298 g/mol. The zero-order valence-electron chi connectivity index (χ0n) is 12.8. The standard InChI is InChI=1S/C13H16O6.C2H6/c1-6-7-3-8(10(6)13(17)19-5-15)11(9(7)4-14)12(16)18-2;1-2/h4-11H,3H2,1-2H3;1-2H3. The number of fused-ring (bicyclic) bond motifs is 2. The predicted molar refractivity (Wildman–Crippen MR) is 72.8 cm³/mol. The molecule has 2 saturated carbocycles. The molecule has 0 heterocycles. The Kier molecular flexibility index (Phi) is 6.05. The van der Waals surface area contributed by atoms with Gasteiger partial charge in [0.25, 0.3) is 0 Å². The highest BCUT2D eigenvalue weighted by Crippen LogP contribution is 2.58. The Labute approximate surface area is 124 Å². The van der Waals surface area contributed by atoms with Gasteiger partial charge in [-0.2, -0.15) is 0 Å². The number of esters is 2. The predicted octanol–water partition coefficient (Wildman–Crippen LogP) is 1.22. The van der Waals surface area contributed by atoms with E-state index in [0.717, 1.165) is 6.29 Å². The molecule has 6 unspecified atom stereocenters. The van der Waals surface area contributed by atoms with Crippen LogP contribution in [0.4, 0.5) is 0 Å². The van der Waals surface area contributed by atoms with Crippen LogP contribution in [0.2, 0.25) is 0 Å². The van der Waals surface area contributed by atoms with Crippen LogP contribution in [0.3, 0.4) is 0 Å². The van der Waals surface area contributed by atoms with E-state index in [9.17, 15) is 19.2 Å². The maximum atomic E-state index is 11.8. The van der Waals surface area contributed by atoms with Crippen LogP contribution < -0.4 is 0 Å². The lowest BCUT2D eigenvalue weighted by Gasteiger charge is -2.34. The third kappa shape index (κ3) is 2.84. The van der Waals surface area contributed by atoms with Crippen molar-refractivity contribution in [3.63, 3.8) is 0 Å². The lowest BCUT2D eigenvalue weighted by atomic mass is 9.69. The van der Waals surface area contributed by atoms with E-state index in [1.54, 1.807) is 0 Å². The van der Waals surface area contributed by atoms with Crippen LogP contribution >= 0.6 is 0 Å². The summed E-state index contributed by atoms with van der Waals surface area (Å²) in [6.07, 6.45) is 1.40. The van der Waals surface area contributed by atoms with E-state index < -0.39 is 29.7 Å². The normalized spacial score (nSPS) is 36.2. The topological polar surface area (TPSA) is 86.7 Å². The van der Waals surface area contributed by atoms with Gasteiger partial charge >= 0.3 is 18.4 Å². The summed E-state index contributed by atoms with van der Waals surface area (Å²) in [5.41, 5.74) is 0. The zero-order valence-corrected chi connectivity index (χ0v) is 12.8. The molecule has 2 rings (SSSR count). The smallest absolute Gasteiger partial charge is 0.316 e. The van der Waals surface area contributed by atoms with Gasteiger partial charge in [0.1, 0.15) is 6.29 Å². The van der Waals surface area contributed by atoms with Crippen LogP contribution in [0, 0.1) is 35.5 Å². The van der Waals surface area contributed by atoms with E-state index in [1.165, 1.54) is 7.11 Å². The Hall–Kier alpha value is -1.72. The molecule has 2 aliphatic rings. The van der Waals surface area contributed by atoms with Crippen LogP contribution in [0.5, 0.6) is 0 Å². The summed E-state index contributed by atoms with van der Waals surface area (Å²) in [5, 5.41) is 0. The zero-order chi connectivity index (χ0) is 16.2. The summed E-state index contributed by atoms with van der Waals surface area (Å²) in [6, 6.07) is 0. The van der Waals surface area contributed by atoms with Gasteiger partial charge in [-0.3, -0.25) is 14.4 Å². The summed E-state index contributed by atoms with van der Waals surface area (Å²) >= 11 is 0. The summed E-state index contributed by atoms with van der Waals surface area (Å²) < 4.78 is 9.14. The maximum absolute atomic E-state index is 11.8. The Morgan fingerprint density at radius 2 is 1.67 bits per heavy atom. The van der Waals surface area contributed by atoms with E-state index in [4.69, 9.17) is 4.74 Å². The molecule has 0 amide bonds. The molecule has 0 N–H and O–H groups in total. The van der Waals surface area contributed by atoms with Gasteiger partial charge in [-0.15, -0.1) is 0 Å². The minimum atomic E-state index is -0.617. The Morgan fingerprint density at radius 3 is 2.14 bits per heavy atom. The molecule has 6 nitrogen and oxygen atoms in total. The van der Waals surface area contributed by atoms with Crippen LogP contribution in [-0.2, 0) is 28.7 Å². The van der Waals surface area contributed by atoms with Crippen LogP contribution in [0.1, 0.15) is 27.2 Å². The molecule has 0 aromatic rings. The number of hydrogen-bond donors (Lipinski definition) is 0. The van der Waals surface area contributed by atoms with Gasteiger partial charge in [-0.1, -0.05) is 20.8 Å². The van der Waals surface area contributed by atoms with Gasteiger partial charge < -0.3 is 14.3 Å². The molecule has 0 aromatic heterocycles. The van der Waals surface area contributed by atoms with Crippen molar-refractivity contribution in [3.8, 4) is 0 Å². The molecule has 6 atom stereocenters. The van der Waals surface area contributed by atoms with Gasteiger partial charge in [0.05, 0.1) is 18.9 Å². The molecule has 2 fully saturated rings. The van der Waals surface area contributed by atoms with E-state index in [-0.39, 0.29) is 24.2 Å². The maximum Gasteiger partial charge on any atom is 0.316 e. The van der Waals surface area contributed by atoms with Crippen molar-refractivity contribution in [3.05, 3.63) is 0 Å². The Bertz CT molecular complexity index is 418. The molecular weight excluding hydrogens is 276 g/mol. The monoisotopic (exact) mass is 298 g/mol. The minimum absolute atomic E-state index is 0.0317. The SMILES string of the molecule is CC.COC(=O)C1C(C=O)C2CC1C(C(=O)OC=O)C2C. The fourth-order valence-electron chi connectivity index (χ4n) is 3.93. The van der Waals surface area contributed by atoms with E-state index in [2.05, 4.69) is 4.74 Å². The molecule has 0 saturated heterocycles. The van der Waals surface area contributed by atoms with Crippen LogP contribution in [-0.4, -0.2) is 31.8 Å². The van der Waals surface area contributed by atoms with E-state index in [1.807, 2.05) is 20.8 Å². The quantitative estimate of drug-likeness (QED) is 0.440. The first-order valence-electron chi connectivity index (χ1n) is 7.24. The first kappa shape index (κ1) is 17.3. The highest BCUT2D eigenvalue weighted by Gasteiger charge is 2.61. The highest BCUT2D eigenvalue weighted by atomic mass is 16.6. The molecule has 0 aromatic carbocycles. The lowest BCUT2D eigenvalue weighted by Crippen LogP contribution is -2.42. The summed E-state index contributed by atoms with van der Waals surface area (Å²) in [6.45, 7) is 5.96. The third-order valence-electron chi connectivity index (χ3n) is 4.68. The van der Waals surface area contributed by atoms with Crippen LogP contribution in [0.15, 0.2) is 0 Å². The van der Waals surface area contributed by atoms with Crippen molar-refractivity contribution < 1.29 is 28.7 Å². The van der Waals surface area contributed by atoms with Gasteiger partial charge in [0.2, 0.25) is 0 Å². The van der Waals surface area contributed by atoms with E-state index in [0.29, 0.717) is 6.42 Å². The highest BCUT2D eigenvalue weighted by molar-refractivity contribution is 5.84. The van der Waals surface area contributed by atoms with Crippen molar-refractivity contribution in [1.29, 1.82) is 0 Å². The minimum Gasteiger partial charge on any atom is -0.469 e. The average Bonchev–Trinajstić information content (AvgIpc) is 3.03. The Morgan fingerprint density at radius 1 is 1.05 bits per heavy atom. The number of aldehydes is 1. The number of carbonyl (C=O) groups is 4. The molecule has 0 aliphatic heterocycles. The largest absolute Gasteiger partial charge is 0.469 e. The van der Waals surface area contributed by atoms with Gasteiger partial charge in [0, 0.05) is 5.92 Å². The molecular formula is C15H22O6. The first-order chi connectivity index (χ1) is 10.1. The number of methoxy groups -OCH3 is 1. The van der Waals surface area contributed by atoms with Gasteiger partial charge in [-0.05, 0) is 24.2 Å². The fraction of sp³-hybridized carbons (Fsp3) is 0.733. The van der Waals surface area contributed by atoms with Crippen molar-refractivity contribution in [2.24, 2.45) is 35.5 Å². The number of rotatable bonds is 4. The molecule has 21 heavy (non-hydrogen) atoms. The third-order valence-corrected chi connectivity index (χ3v) is 4.68. The number of ether oxygens (including phenoxy) is 2. The van der Waals surface area contributed by atoms with E-state index >= 15 is 0 Å². The second-order valence-electron chi connectivity index (χ2n) is 5.24. The molecule has 2 aliphatic carbocycles. The molecule has 6 heteroatoms. The first-order valence-corrected chi connectivity index (χ1v) is 7.24. The lowest BCUT2D eigenvalue weighted by molar-refractivity contribution is -0.162. The summed E-state index contributed by atoms with van der Waals surface area (Å²) in [4.78, 5) is 45.1. The summed E-state index contributed by atoms with van der Waals surface area (Å²) in [7, 11) is 1.26. The van der Waals surface area contributed by atoms with Crippen molar-refractivity contribution in [2.45, 2.75) is 27.2 Å². The molecule has 0 radical (unpaired) electrons. The number of hydrogen-bond acceptors (Lipinski definition) is 6. The van der Waals surface area contributed by atoms with Crippen molar-refractivity contribution in [1.82, 2.24) is 0 Å².